The second-order valence-corrected chi connectivity index (χ2v) is 11.1. The van der Waals surface area contributed by atoms with Gasteiger partial charge < -0.3 is 20.4 Å². The third-order valence-corrected chi connectivity index (χ3v) is 7.71. The monoisotopic (exact) mass is 584 g/mol. The first-order chi connectivity index (χ1) is 20.2. The lowest BCUT2D eigenvalue weighted by molar-refractivity contribution is 0.0699. The Morgan fingerprint density at radius 3 is 2.31 bits per heavy atom. The highest BCUT2D eigenvalue weighted by Crippen LogP contribution is 2.23. The van der Waals surface area contributed by atoms with Gasteiger partial charge in [0.05, 0.1) is 11.1 Å². The second-order valence-electron chi connectivity index (χ2n) is 10.7. The summed E-state index contributed by atoms with van der Waals surface area (Å²) in [5.41, 5.74) is 3.24. The number of halogens is 1. The van der Waals surface area contributed by atoms with Crippen LogP contribution in [0.3, 0.4) is 0 Å². The van der Waals surface area contributed by atoms with E-state index in [2.05, 4.69) is 27.1 Å². The Morgan fingerprint density at radius 2 is 1.62 bits per heavy atom. The van der Waals surface area contributed by atoms with Crippen LogP contribution in [0.15, 0.2) is 72.8 Å². The number of phenols is 1. The lowest BCUT2D eigenvalue weighted by Crippen LogP contribution is -2.51. The van der Waals surface area contributed by atoms with Gasteiger partial charge >= 0.3 is 5.97 Å². The number of aromatic hydroxyl groups is 1. The molecule has 4 aromatic rings. The summed E-state index contributed by atoms with van der Waals surface area (Å²) in [5, 5.41) is 23.9. The van der Waals surface area contributed by atoms with E-state index in [0.717, 1.165) is 42.9 Å². The summed E-state index contributed by atoms with van der Waals surface area (Å²) in [7, 11) is 2.09. The van der Waals surface area contributed by atoms with Crippen molar-refractivity contribution in [1.29, 1.82) is 0 Å². The first kappa shape index (κ1) is 29.3. The predicted molar refractivity (Wildman–Crippen MR) is 166 cm³/mol. The molecule has 3 N–H and O–H groups in total. The molecule has 9 heteroatoms. The van der Waals surface area contributed by atoms with Crippen molar-refractivity contribution in [2.45, 2.75) is 12.5 Å². The Kier molecular flexibility index (Phi) is 9.17. The number of phenolic OH excluding ortho intramolecular Hbond substituents is 1. The summed E-state index contributed by atoms with van der Waals surface area (Å²) < 4.78 is 0. The highest BCUT2D eigenvalue weighted by molar-refractivity contribution is 6.30. The molecule has 2 heterocycles. The lowest BCUT2D eigenvalue weighted by Gasteiger charge is -2.35. The van der Waals surface area contributed by atoms with Crippen LogP contribution in [0, 0.1) is 0 Å². The summed E-state index contributed by atoms with van der Waals surface area (Å²) in [5.74, 6) is -1.37. The van der Waals surface area contributed by atoms with Crippen LogP contribution >= 0.6 is 11.6 Å². The van der Waals surface area contributed by atoms with Crippen LogP contribution < -0.4 is 5.32 Å². The largest absolute Gasteiger partial charge is 0.508 e. The maximum Gasteiger partial charge on any atom is 0.336 e. The summed E-state index contributed by atoms with van der Waals surface area (Å²) in [6.45, 7) is 4.33. The molecule has 1 saturated heterocycles. The number of benzene rings is 3. The number of hydrogen-bond acceptors (Lipinski definition) is 6. The fraction of sp³-hybridized carbons (Fsp3) is 0.242. The molecule has 1 aromatic heterocycles. The topological polar surface area (TPSA) is 106 Å². The molecular weight excluding hydrogens is 552 g/mol. The van der Waals surface area contributed by atoms with Crippen molar-refractivity contribution in [3.05, 3.63) is 106 Å². The van der Waals surface area contributed by atoms with Gasteiger partial charge in [-0.15, -0.1) is 0 Å². The summed E-state index contributed by atoms with van der Waals surface area (Å²) in [6.07, 6.45) is 4.37. The highest BCUT2D eigenvalue weighted by Gasteiger charge is 2.23. The number of piperazine rings is 1. The van der Waals surface area contributed by atoms with Crippen LogP contribution in [-0.4, -0.2) is 82.7 Å². The van der Waals surface area contributed by atoms with E-state index < -0.39 is 11.9 Å². The third-order valence-electron chi connectivity index (χ3n) is 7.46. The zero-order valence-corrected chi connectivity index (χ0v) is 24.1. The van der Waals surface area contributed by atoms with E-state index >= 15 is 0 Å². The van der Waals surface area contributed by atoms with E-state index in [1.54, 1.807) is 36.4 Å². The molecule has 3 aromatic carbocycles. The number of nitrogens with zero attached hydrogens (tertiary/aromatic N) is 3. The van der Waals surface area contributed by atoms with Crippen molar-refractivity contribution in [3.63, 3.8) is 0 Å². The average Bonchev–Trinajstić information content (AvgIpc) is 2.98. The molecule has 1 amide bonds. The minimum absolute atomic E-state index is 0.0149. The standard InChI is InChI=1S/C33H33ClN4O4/c1-37-14-16-38(17-15-37)21-26(18-23-6-11-27(39)12-7-23)35-32(40)31-20-29(33(41)42)28-19-24(8-13-30(28)36-31)3-2-22-4-9-25(34)10-5-22/h2-13,19-20,26,39H,14-18,21H2,1H3,(H,35,40)(H,41,42)/t26-/m0/s1. The van der Waals surface area contributed by atoms with E-state index in [1.807, 2.05) is 42.5 Å². The summed E-state index contributed by atoms with van der Waals surface area (Å²) in [4.78, 5) is 34.9. The highest BCUT2D eigenvalue weighted by atomic mass is 35.5. The number of carboxylic acid groups (broad SMARTS) is 1. The maximum atomic E-state index is 13.5. The normalized spacial score (nSPS) is 15.2. The number of aromatic carboxylic acids is 1. The number of amides is 1. The Labute approximate surface area is 249 Å². The van der Waals surface area contributed by atoms with Gasteiger partial charge in [0.15, 0.2) is 0 Å². The molecule has 5 rings (SSSR count). The third kappa shape index (κ3) is 7.53. The van der Waals surface area contributed by atoms with Crippen molar-refractivity contribution in [3.8, 4) is 5.75 Å². The minimum atomic E-state index is -1.13. The van der Waals surface area contributed by atoms with E-state index in [-0.39, 0.29) is 23.0 Å². The Hall–Kier alpha value is -4.24. The Bertz CT molecular complexity index is 1600. The fourth-order valence-electron chi connectivity index (χ4n) is 5.09. The van der Waals surface area contributed by atoms with E-state index in [4.69, 9.17) is 11.6 Å². The van der Waals surface area contributed by atoms with E-state index in [1.165, 1.54) is 6.07 Å². The van der Waals surface area contributed by atoms with Gasteiger partial charge in [-0.2, -0.15) is 0 Å². The van der Waals surface area contributed by atoms with Crippen LogP contribution in [0.1, 0.15) is 37.5 Å². The fourth-order valence-corrected chi connectivity index (χ4v) is 5.21. The van der Waals surface area contributed by atoms with Crippen molar-refractivity contribution in [1.82, 2.24) is 20.1 Å². The minimum Gasteiger partial charge on any atom is -0.508 e. The van der Waals surface area contributed by atoms with Crippen molar-refractivity contribution < 1.29 is 19.8 Å². The lowest BCUT2D eigenvalue weighted by atomic mass is 10.0. The Morgan fingerprint density at radius 1 is 0.952 bits per heavy atom. The SMILES string of the molecule is CN1CCN(C[C@H](Cc2ccc(O)cc2)NC(=O)c2cc(C(=O)O)c3cc(C=Cc4ccc(Cl)cc4)ccc3n2)CC1. The number of carbonyl (C=O) groups excluding carboxylic acids is 1. The quantitative estimate of drug-likeness (QED) is 0.236. The molecule has 0 unspecified atom stereocenters. The summed E-state index contributed by atoms with van der Waals surface area (Å²) in [6, 6.07) is 20.8. The summed E-state index contributed by atoms with van der Waals surface area (Å²) >= 11 is 5.97. The number of rotatable bonds is 9. The predicted octanol–water partition coefficient (Wildman–Crippen LogP) is 5.05. The first-order valence-electron chi connectivity index (χ1n) is 13.8. The number of fused-ring (bicyclic) bond motifs is 1. The zero-order valence-electron chi connectivity index (χ0n) is 23.3. The molecule has 0 spiro atoms. The van der Waals surface area contributed by atoms with Gasteiger partial charge in [0.25, 0.3) is 5.91 Å². The average molecular weight is 585 g/mol. The first-order valence-corrected chi connectivity index (χ1v) is 14.2. The van der Waals surface area contributed by atoms with E-state index in [9.17, 15) is 19.8 Å². The molecule has 0 radical (unpaired) electrons. The van der Waals surface area contributed by atoms with Crippen LogP contribution in [0.25, 0.3) is 23.1 Å². The Balaban J connectivity index is 1.39. The van der Waals surface area contributed by atoms with Crippen LogP contribution in [0.4, 0.5) is 0 Å². The molecule has 8 nitrogen and oxygen atoms in total. The van der Waals surface area contributed by atoms with Crippen LogP contribution in [-0.2, 0) is 6.42 Å². The molecule has 0 aliphatic carbocycles. The molecule has 1 atom stereocenters. The number of hydrogen-bond donors (Lipinski definition) is 3. The van der Waals surface area contributed by atoms with Gasteiger partial charge in [0.1, 0.15) is 11.4 Å². The van der Waals surface area contributed by atoms with Crippen LogP contribution in [0.5, 0.6) is 5.75 Å². The molecule has 42 heavy (non-hydrogen) atoms. The molecule has 0 saturated carbocycles. The number of pyridine rings is 1. The molecule has 0 bridgehead atoms. The van der Waals surface area contributed by atoms with Gasteiger partial charge in [0, 0.05) is 49.2 Å². The number of aromatic nitrogens is 1. The zero-order chi connectivity index (χ0) is 29.6. The van der Waals surface area contributed by atoms with Crippen molar-refractivity contribution >= 4 is 46.5 Å². The second kappa shape index (κ2) is 13.2. The smallest absolute Gasteiger partial charge is 0.336 e. The van der Waals surface area contributed by atoms with Gasteiger partial charge in [0.2, 0.25) is 0 Å². The van der Waals surface area contributed by atoms with E-state index in [0.29, 0.717) is 28.9 Å². The van der Waals surface area contributed by atoms with Crippen molar-refractivity contribution in [2.24, 2.45) is 0 Å². The molecule has 1 fully saturated rings. The molecule has 1 aliphatic heterocycles. The number of carboxylic acids is 1. The number of likely N-dealkylation sites (N-methyl/N-ethyl adjacent to an activating group) is 1. The van der Waals surface area contributed by atoms with Gasteiger partial charge in [-0.3, -0.25) is 9.69 Å². The van der Waals surface area contributed by atoms with Crippen molar-refractivity contribution in [2.75, 3.05) is 39.8 Å². The maximum absolute atomic E-state index is 13.5. The van der Waals surface area contributed by atoms with Gasteiger partial charge in [-0.25, -0.2) is 9.78 Å². The molecule has 1 aliphatic rings. The number of nitrogens with one attached hydrogen (secondary N) is 1. The van der Waals surface area contributed by atoms with Gasteiger partial charge in [-0.1, -0.05) is 54.1 Å². The van der Waals surface area contributed by atoms with Crippen LogP contribution in [0.2, 0.25) is 5.02 Å². The number of carbonyl (C=O) groups is 2. The molecular formula is C33H33ClN4O4. The molecule has 216 valence electrons. The van der Waals surface area contributed by atoms with Gasteiger partial charge in [-0.05, 0) is 72.6 Å².